The van der Waals surface area contributed by atoms with Crippen molar-refractivity contribution >= 4 is 34.8 Å². The molecule has 0 saturated carbocycles. The zero-order chi connectivity index (χ0) is 22.8. The Hall–Kier alpha value is -3.42. The number of hydrogen-bond donors (Lipinski definition) is 1. The summed E-state index contributed by atoms with van der Waals surface area (Å²) in [6.45, 7) is 3.80. The molecule has 2 aromatic heterocycles. The number of rotatable bonds is 5. The number of anilines is 2. The summed E-state index contributed by atoms with van der Waals surface area (Å²) < 4.78 is 2.88. The fraction of sp³-hybridized carbons (Fsp3) is 0.130. The summed E-state index contributed by atoms with van der Waals surface area (Å²) in [6.07, 6.45) is 1.69. The molecule has 1 N–H and O–H groups in total. The molecule has 4 rings (SSSR count). The van der Waals surface area contributed by atoms with Crippen LogP contribution in [0.2, 0.25) is 10.0 Å². The van der Waals surface area contributed by atoms with Crippen molar-refractivity contribution in [2.24, 2.45) is 0 Å². The van der Waals surface area contributed by atoms with Crippen molar-refractivity contribution in [2.45, 2.75) is 19.9 Å². The van der Waals surface area contributed by atoms with E-state index in [1.165, 1.54) is 4.57 Å². The van der Waals surface area contributed by atoms with Crippen LogP contribution in [0.4, 0.5) is 11.6 Å². The van der Waals surface area contributed by atoms with Crippen LogP contribution in [-0.2, 0) is 0 Å². The summed E-state index contributed by atoms with van der Waals surface area (Å²) in [5.74, 6) is 0.237. The van der Waals surface area contributed by atoms with Gasteiger partial charge in [0.25, 0.3) is 5.56 Å². The highest BCUT2D eigenvalue weighted by Gasteiger charge is 2.17. The molecule has 162 valence electrons. The SMILES string of the molecule is CC(C)n1cccc(-c2nc(Nc3ccc(Cl)cc3)n(-c3ccc(Cl)cc3)c(=O)n2)c1=O. The van der Waals surface area contributed by atoms with Gasteiger partial charge in [0.05, 0.1) is 11.3 Å². The van der Waals surface area contributed by atoms with Gasteiger partial charge in [-0.3, -0.25) is 4.79 Å². The lowest BCUT2D eigenvalue weighted by molar-refractivity contribution is 0.579. The highest BCUT2D eigenvalue weighted by atomic mass is 35.5. The number of nitrogens with one attached hydrogen (secondary N) is 1. The van der Waals surface area contributed by atoms with Crippen LogP contribution in [-0.4, -0.2) is 19.1 Å². The average Bonchev–Trinajstić information content (AvgIpc) is 2.76. The Kier molecular flexibility index (Phi) is 6.12. The Morgan fingerprint density at radius 2 is 1.50 bits per heavy atom. The fourth-order valence-corrected chi connectivity index (χ4v) is 3.43. The van der Waals surface area contributed by atoms with Crippen LogP contribution in [0.3, 0.4) is 0 Å². The Morgan fingerprint density at radius 3 is 2.12 bits per heavy atom. The molecule has 0 unspecified atom stereocenters. The van der Waals surface area contributed by atoms with Crippen LogP contribution in [0, 0.1) is 0 Å². The minimum atomic E-state index is -0.590. The molecule has 0 bridgehead atoms. The lowest BCUT2D eigenvalue weighted by Crippen LogP contribution is -2.28. The monoisotopic (exact) mass is 467 g/mol. The Balaban J connectivity index is 1.92. The molecular weight excluding hydrogens is 449 g/mol. The lowest BCUT2D eigenvalue weighted by Gasteiger charge is -2.15. The predicted octanol–water partition coefficient (Wildman–Crippen LogP) is 5.09. The third kappa shape index (κ3) is 4.44. The normalized spacial score (nSPS) is 11.0. The molecule has 0 atom stereocenters. The van der Waals surface area contributed by atoms with Crippen molar-refractivity contribution in [1.29, 1.82) is 0 Å². The van der Waals surface area contributed by atoms with E-state index in [2.05, 4.69) is 15.3 Å². The summed E-state index contributed by atoms with van der Waals surface area (Å²) >= 11 is 12.0. The van der Waals surface area contributed by atoms with E-state index in [-0.39, 0.29) is 28.9 Å². The molecule has 9 heteroatoms. The molecule has 4 aromatic rings. The van der Waals surface area contributed by atoms with E-state index >= 15 is 0 Å². The molecule has 0 aliphatic heterocycles. The molecule has 0 radical (unpaired) electrons. The van der Waals surface area contributed by atoms with Gasteiger partial charge >= 0.3 is 5.69 Å². The van der Waals surface area contributed by atoms with Gasteiger partial charge in [-0.05, 0) is 74.5 Å². The summed E-state index contributed by atoms with van der Waals surface area (Å²) in [6, 6.07) is 17.0. The van der Waals surface area contributed by atoms with Crippen LogP contribution >= 0.6 is 23.2 Å². The highest BCUT2D eigenvalue weighted by Crippen LogP contribution is 2.22. The van der Waals surface area contributed by atoms with Gasteiger partial charge in [-0.2, -0.15) is 9.97 Å². The molecule has 0 saturated heterocycles. The van der Waals surface area contributed by atoms with Crippen LogP contribution in [0.25, 0.3) is 17.1 Å². The second-order valence-corrected chi connectivity index (χ2v) is 8.20. The maximum atomic E-state index is 13.1. The van der Waals surface area contributed by atoms with Crippen molar-refractivity contribution in [3.63, 3.8) is 0 Å². The summed E-state index contributed by atoms with van der Waals surface area (Å²) in [4.78, 5) is 34.7. The predicted molar refractivity (Wildman–Crippen MR) is 127 cm³/mol. The van der Waals surface area contributed by atoms with E-state index in [9.17, 15) is 9.59 Å². The van der Waals surface area contributed by atoms with Gasteiger partial charge in [0.15, 0.2) is 5.82 Å². The summed E-state index contributed by atoms with van der Waals surface area (Å²) in [5, 5.41) is 4.24. The van der Waals surface area contributed by atoms with E-state index in [1.54, 1.807) is 71.4 Å². The van der Waals surface area contributed by atoms with Gasteiger partial charge in [-0.25, -0.2) is 9.36 Å². The minimum absolute atomic E-state index is 0.0386. The van der Waals surface area contributed by atoms with Gasteiger partial charge < -0.3 is 9.88 Å². The zero-order valence-electron chi connectivity index (χ0n) is 17.3. The standard InChI is InChI=1S/C23H19Cl2N5O2/c1-14(2)29-13-3-4-19(21(29)31)20-27-22(26-17-9-5-15(24)6-10-17)30(23(32)28-20)18-11-7-16(25)8-12-18/h3-14H,1-2H3,(H,26,27,28,32). The quantitative estimate of drug-likeness (QED) is 0.442. The second-order valence-electron chi connectivity index (χ2n) is 7.33. The Bertz CT molecular complexity index is 1380. The largest absolute Gasteiger partial charge is 0.357 e. The molecule has 32 heavy (non-hydrogen) atoms. The van der Waals surface area contributed by atoms with Gasteiger partial charge in [0, 0.05) is 28.0 Å². The first-order valence-corrected chi connectivity index (χ1v) is 10.6. The van der Waals surface area contributed by atoms with E-state index in [4.69, 9.17) is 23.2 Å². The highest BCUT2D eigenvalue weighted by molar-refractivity contribution is 6.30. The maximum absolute atomic E-state index is 13.1. The molecule has 0 aliphatic rings. The van der Waals surface area contributed by atoms with Crippen LogP contribution in [0.5, 0.6) is 0 Å². The fourth-order valence-electron chi connectivity index (χ4n) is 3.18. The topological polar surface area (TPSA) is 81.8 Å². The van der Waals surface area contributed by atoms with Crippen molar-refractivity contribution in [2.75, 3.05) is 5.32 Å². The zero-order valence-corrected chi connectivity index (χ0v) is 18.8. The third-order valence-electron chi connectivity index (χ3n) is 4.77. The second kappa shape index (κ2) is 8.98. The van der Waals surface area contributed by atoms with Crippen molar-refractivity contribution in [3.8, 4) is 17.1 Å². The van der Waals surface area contributed by atoms with Gasteiger partial charge in [0.2, 0.25) is 5.95 Å². The summed E-state index contributed by atoms with van der Waals surface area (Å²) in [7, 11) is 0. The van der Waals surface area contributed by atoms with Gasteiger partial charge in [0.1, 0.15) is 0 Å². The van der Waals surface area contributed by atoms with E-state index in [0.717, 1.165) is 0 Å². The maximum Gasteiger partial charge on any atom is 0.357 e. The number of hydrogen-bond acceptors (Lipinski definition) is 5. The molecule has 0 amide bonds. The molecule has 0 spiro atoms. The van der Waals surface area contributed by atoms with Crippen LogP contribution in [0.1, 0.15) is 19.9 Å². The first kappa shape index (κ1) is 21.8. The van der Waals surface area contributed by atoms with E-state index in [1.807, 2.05) is 13.8 Å². The van der Waals surface area contributed by atoms with Crippen LogP contribution in [0.15, 0.2) is 76.4 Å². The summed E-state index contributed by atoms with van der Waals surface area (Å²) in [5.41, 5.74) is 0.557. The smallest absolute Gasteiger partial charge is 0.325 e. The lowest BCUT2D eigenvalue weighted by atomic mass is 10.2. The number of nitrogens with zero attached hydrogens (tertiary/aromatic N) is 4. The van der Waals surface area contributed by atoms with Crippen molar-refractivity contribution in [1.82, 2.24) is 19.1 Å². The van der Waals surface area contributed by atoms with Crippen LogP contribution < -0.4 is 16.6 Å². The molecule has 7 nitrogen and oxygen atoms in total. The third-order valence-corrected chi connectivity index (χ3v) is 5.28. The molecule has 2 heterocycles. The minimum Gasteiger partial charge on any atom is -0.325 e. The molecule has 0 aliphatic carbocycles. The van der Waals surface area contributed by atoms with Crippen molar-refractivity contribution < 1.29 is 0 Å². The first-order chi connectivity index (χ1) is 15.3. The van der Waals surface area contributed by atoms with E-state index in [0.29, 0.717) is 21.4 Å². The van der Waals surface area contributed by atoms with Gasteiger partial charge in [-0.15, -0.1) is 0 Å². The molecule has 2 aromatic carbocycles. The molecular formula is C23H19Cl2N5O2. The molecule has 0 fully saturated rings. The average molecular weight is 468 g/mol. The van der Waals surface area contributed by atoms with E-state index < -0.39 is 5.69 Å². The van der Waals surface area contributed by atoms with Crippen molar-refractivity contribution in [3.05, 3.63) is 97.7 Å². The first-order valence-electron chi connectivity index (χ1n) is 9.84. The number of benzene rings is 2. The Labute approximate surface area is 193 Å². The number of pyridine rings is 1. The number of halogens is 2. The Morgan fingerprint density at radius 1 is 0.875 bits per heavy atom. The number of aromatic nitrogens is 4. The van der Waals surface area contributed by atoms with Gasteiger partial charge in [-0.1, -0.05) is 23.2 Å².